The summed E-state index contributed by atoms with van der Waals surface area (Å²) < 4.78 is 9.97. The van der Waals surface area contributed by atoms with Crippen molar-refractivity contribution >= 4 is 11.9 Å². The van der Waals surface area contributed by atoms with E-state index in [0.29, 0.717) is 6.42 Å². The largest absolute Gasteiger partial charge is 0.462 e. The van der Waals surface area contributed by atoms with Gasteiger partial charge >= 0.3 is 11.9 Å². The second kappa shape index (κ2) is 16.5. The van der Waals surface area contributed by atoms with Gasteiger partial charge in [-0.05, 0) is 25.7 Å². The summed E-state index contributed by atoms with van der Waals surface area (Å²) in [6.07, 6.45) is 13.1. The van der Waals surface area contributed by atoms with Crippen LogP contribution >= 0.6 is 0 Å². The van der Waals surface area contributed by atoms with Gasteiger partial charge in [0.15, 0.2) is 6.10 Å². The SMILES string of the molecule is CCC/C=C\CCCCCCCC(=O)OC(CO)COC(=O)CC. The van der Waals surface area contributed by atoms with E-state index in [1.54, 1.807) is 6.92 Å². The Labute approximate surface area is 146 Å². The van der Waals surface area contributed by atoms with Gasteiger partial charge in [0.25, 0.3) is 0 Å². The summed E-state index contributed by atoms with van der Waals surface area (Å²) in [6, 6.07) is 0. The Balaban J connectivity index is 3.58. The van der Waals surface area contributed by atoms with Crippen LogP contribution in [0.25, 0.3) is 0 Å². The molecule has 5 heteroatoms. The van der Waals surface area contributed by atoms with Gasteiger partial charge in [0.05, 0.1) is 6.61 Å². The fraction of sp³-hybridized carbons (Fsp3) is 0.789. The number of unbranched alkanes of at least 4 members (excludes halogenated alkanes) is 6. The monoisotopic (exact) mass is 342 g/mol. The minimum atomic E-state index is -0.761. The van der Waals surface area contributed by atoms with Crippen LogP contribution in [0.5, 0.6) is 0 Å². The van der Waals surface area contributed by atoms with Gasteiger partial charge in [-0.1, -0.05) is 51.7 Å². The number of carbonyl (C=O) groups is 2. The Morgan fingerprint density at radius 2 is 1.62 bits per heavy atom. The van der Waals surface area contributed by atoms with Crippen molar-refractivity contribution in [2.45, 2.75) is 84.2 Å². The third-order valence-corrected chi connectivity index (χ3v) is 3.59. The molecule has 0 rings (SSSR count). The molecule has 140 valence electrons. The summed E-state index contributed by atoms with van der Waals surface area (Å²) in [7, 11) is 0. The first-order valence-electron chi connectivity index (χ1n) is 9.24. The molecule has 0 aromatic carbocycles. The molecular weight excluding hydrogens is 308 g/mol. The van der Waals surface area contributed by atoms with Gasteiger partial charge < -0.3 is 14.6 Å². The second-order valence-electron chi connectivity index (χ2n) is 5.90. The Kier molecular flexibility index (Phi) is 15.6. The minimum absolute atomic E-state index is 0.0829. The molecule has 0 bridgehead atoms. The van der Waals surface area contributed by atoms with E-state index < -0.39 is 6.10 Å². The van der Waals surface area contributed by atoms with E-state index in [-0.39, 0.29) is 31.6 Å². The highest BCUT2D eigenvalue weighted by atomic mass is 16.6. The molecule has 0 aliphatic heterocycles. The molecule has 5 nitrogen and oxygen atoms in total. The molecule has 0 aliphatic carbocycles. The third-order valence-electron chi connectivity index (χ3n) is 3.59. The second-order valence-corrected chi connectivity index (χ2v) is 5.90. The number of aliphatic hydroxyl groups is 1. The third kappa shape index (κ3) is 14.2. The highest BCUT2D eigenvalue weighted by molar-refractivity contribution is 5.70. The topological polar surface area (TPSA) is 72.8 Å². The van der Waals surface area contributed by atoms with Crippen LogP contribution in [0.1, 0.15) is 78.1 Å². The van der Waals surface area contributed by atoms with E-state index in [0.717, 1.165) is 32.1 Å². The summed E-state index contributed by atoms with van der Waals surface area (Å²) in [4.78, 5) is 22.7. The summed E-state index contributed by atoms with van der Waals surface area (Å²) in [6.45, 7) is 3.44. The van der Waals surface area contributed by atoms with Crippen molar-refractivity contribution in [3.05, 3.63) is 12.2 Å². The molecule has 24 heavy (non-hydrogen) atoms. The van der Waals surface area contributed by atoms with Gasteiger partial charge in [-0.15, -0.1) is 0 Å². The molecule has 1 N–H and O–H groups in total. The number of carbonyl (C=O) groups excluding carboxylic acids is 2. The first-order valence-corrected chi connectivity index (χ1v) is 9.24. The molecule has 0 aromatic rings. The van der Waals surface area contributed by atoms with Crippen LogP contribution in [0, 0.1) is 0 Å². The van der Waals surface area contributed by atoms with E-state index >= 15 is 0 Å². The van der Waals surface area contributed by atoms with E-state index in [2.05, 4.69) is 19.1 Å². The number of hydrogen-bond donors (Lipinski definition) is 1. The van der Waals surface area contributed by atoms with Crippen LogP contribution in [0.2, 0.25) is 0 Å². The zero-order chi connectivity index (χ0) is 18.0. The van der Waals surface area contributed by atoms with E-state index in [9.17, 15) is 9.59 Å². The number of hydrogen-bond acceptors (Lipinski definition) is 5. The maximum Gasteiger partial charge on any atom is 0.306 e. The Morgan fingerprint density at radius 3 is 2.29 bits per heavy atom. The summed E-state index contributed by atoms with van der Waals surface area (Å²) in [5.41, 5.74) is 0. The highest BCUT2D eigenvalue weighted by Gasteiger charge is 2.15. The molecule has 0 fully saturated rings. The van der Waals surface area contributed by atoms with Gasteiger partial charge in [0.1, 0.15) is 6.61 Å². The number of rotatable bonds is 15. The normalized spacial score (nSPS) is 12.3. The highest BCUT2D eigenvalue weighted by Crippen LogP contribution is 2.09. The smallest absolute Gasteiger partial charge is 0.306 e. The number of esters is 2. The lowest BCUT2D eigenvalue weighted by atomic mass is 10.1. The minimum Gasteiger partial charge on any atom is -0.462 e. The van der Waals surface area contributed by atoms with Gasteiger partial charge in [-0.2, -0.15) is 0 Å². The van der Waals surface area contributed by atoms with Crippen LogP contribution in [0.15, 0.2) is 12.2 Å². The van der Waals surface area contributed by atoms with Crippen LogP contribution in [0.3, 0.4) is 0 Å². The fourth-order valence-electron chi connectivity index (χ4n) is 2.12. The zero-order valence-electron chi connectivity index (χ0n) is 15.3. The Hall–Kier alpha value is -1.36. The number of ether oxygens (including phenoxy) is 2. The molecule has 0 aromatic heterocycles. The van der Waals surface area contributed by atoms with Crippen molar-refractivity contribution in [2.75, 3.05) is 13.2 Å². The molecule has 0 radical (unpaired) electrons. The Morgan fingerprint density at radius 1 is 0.958 bits per heavy atom. The molecule has 0 amide bonds. The van der Waals surface area contributed by atoms with Crippen molar-refractivity contribution in [1.82, 2.24) is 0 Å². The van der Waals surface area contributed by atoms with Crippen LogP contribution < -0.4 is 0 Å². The molecule has 1 atom stereocenters. The maximum atomic E-state index is 11.7. The van der Waals surface area contributed by atoms with Crippen LogP contribution in [-0.2, 0) is 19.1 Å². The number of allylic oxidation sites excluding steroid dienone is 2. The first-order chi connectivity index (χ1) is 11.6. The lowest BCUT2D eigenvalue weighted by Gasteiger charge is -2.15. The zero-order valence-corrected chi connectivity index (χ0v) is 15.3. The van der Waals surface area contributed by atoms with Gasteiger partial charge in [-0.3, -0.25) is 9.59 Å². The molecule has 0 saturated heterocycles. The molecule has 1 unspecified atom stereocenters. The summed E-state index contributed by atoms with van der Waals surface area (Å²) in [5, 5.41) is 9.13. The van der Waals surface area contributed by atoms with Gasteiger partial charge in [0, 0.05) is 12.8 Å². The summed E-state index contributed by atoms with van der Waals surface area (Å²) in [5.74, 6) is -0.710. The van der Waals surface area contributed by atoms with Crippen molar-refractivity contribution < 1.29 is 24.2 Å². The molecule has 0 aliphatic rings. The molecular formula is C19H34O5. The van der Waals surface area contributed by atoms with E-state index in [1.165, 1.54) is 19.3 Å². The molecule has 0 saturated carbocycles. The van der Waals surface area contributed by atoms with E-state index in [4.69, 9.17) is 14.6 Å². The predicted molar refractivity (Wildman–Crippen MR) is 94.6 cm³/mol. The quantitative estimate of drug-likeness (QED) is 0.277. The fourth-order valence-corrected chi connectivity index (χ4v) is 2.12. The van der Waals surface area contributed by atoms with Crippen molar-refractivity contribution in [3.8, 4) is 0 Å². The standard InChI is InChI=1S/C19H34O5/c1-3-5-6-7-8-9-10-11-12-13-14-19(22)24-17(15-20)16-23-18(21)4-2/h6-7,17,20H,3-5,8-16H2,1-2H3/b7-6-. The molecule has 0 spiro atoms. The lowest BCUT2D eigenvalue weighted by molar-refractivity contribution is -0.161. The lowest BCUT2D eigenvalue weighted by Crippen LogP contribution is -2.28. The first kappa shape index (κ1) is 22.6. The molecule has 0 heterocycles. The van der Waals surface area contributed by atoms with Crippen molar-refractivity contribution in [3.63, 3.8) is 0 Å². The average Bonchev–Trinajstić information content (AvgIpc) is 2.59. The van der Waals surface area contributed by atoms with Gasteiger partial charge in [-0.25, -0.2) is 0 Å². The predicted octanol–water partition coefficient (Wildman–Crippen LogP) is 3.93. The Bertz CT molecular complexity index is 352. The van der Waals surface area contributed by atoms with Crippen LogP contribution in [0.4, 0.5) is 0 Å². The van der Waals surface area contributed by atoms with Gasteiger partial charge in [0.2, 0.25) is 0 Å². The maximum absolute atomic E-state index is 11.7. The van der Waals surface area contributed by atoms with Crippen molar-refractivity contribution in [1.29, 1.82) is 0 Å². The van der Waals surface area contributed by atoms with E-state index in [1.807, 2.05) is 0 Å². The summed E-state index contributed by atoms with van der Waals surface area (Å²) >= 11 is 0. The van der Waals surface area contributed by atoms with Crippen LogP contribution in [-0.4, -0.2) is 36.4 Å². The van der Waals surface area contributed by atoms with Crippen molar-refractivity contribution in [2.24, 2.45) is 0 Å². The average molecular weight is 342 g/mol. The number of aliphatic hydroxyl groups excluding tert-OH is 1.